The van der Waals surface area contributed by atoms with Gasteiger partial charge in [-0.1, -0.05) is 24.3 Å². The molecule has 6 nitrogen and oxygen atoms in total. The molecule has 3 aromatic carbocycles. The molecule has 6 heteroatoms. The zero-order valence-corrected chi connectivity index (χ0v) is 18.2. The predicted octanol–water partition coefficient (Wildman–Crippen LogP) is 5.01. The summed E-state index contributed by atoms with van der Waals surface area (Å²) in [6.45, 7) is 1.34. The summed E-state index contributed by atoms with van der Waals surface area (Å²) in [6.07, 6.45) is 2.83. The maximum Gasteiger partial charge on any atom is 0.326 e. The largest absolute Gasteiger partial charge is 0.497 e. The lowest BCUT2D eigenvalue weighted by Crippen LogP contribution is -2.33. The summed E-state index contributed by atoms with van der Waals surface area (Å²) in [5.74, 6) is 1.66. The zero-order valence-electron chi connectivity index (χ0n) is 18.2. The molecule has 2 heterocycles. The molecule has 0 bridgehead atoms. The predicted molar refractivity (Wildman–Crippen MR) is 127 cm³/mol. The quantitative estimate of drug-likeness (QED) is 0.636. The third-order valence-electron chi connectivity index (χ3n) is 6.16. The Morgan fingerprint density at radius 2 is 1.69 bits per heavy atom. The van der Waals surface area contributed by atoms with Gasteiger partial charge in [0.05, 0.1) is 26.5 Å². The number of anilines is 2. The van der Waals surface area contributed by atoms with Crippen molar-refractivity contribution < 1.29 is 14.3 Å². The molecule has 2 aliphatic heterocycles. The molecule has 0 aliphatic carbocycles. The van der Waals surface area contributed by atoms with E-state index in [1.165, 1.54) is 11.1 Å². The number of hydrogen-bond acceptors (Lipinski definition) is 4. The number of hydrogen-bond donors (Lipinski definition) is 1. The average Bonchev–Trinajstić information content (AvgIpc) is 3.27. The van der Waals surface area contributed by atoms with E-state index in [-0.39, 0.29) is 11.9 Å². The van der Waals surface area contributed by atoms with Gasteiger partial charge < -0.3 is 14.8 Å². The number of benzene rings is 3. The van der Waals surface area contributed by atoms with Gasteiger partial charge in [0.1, 0.15) is 11.5 Å². The number of methoxy groups -OCH3 is 2. The van der Waals surface area contributed by atoms with E-state index in [1.54, 1.807) is 19.1 Å². The molecule has 0 fully saturated rings. The van der Waals surface area contributed by atoms with Gasteiger partial charge in [-0.25, -0.2) is 4.79 Å². The summed E-state index contributed by atoms with van der Waals surface area (Å²) in [5.41, 5.74) is 6.35. The lowest BCUT2D eigenvalue weighted by molar-refractivity contribution is 0.257. The Balaban J connectivity index is 1.33. The van der Waals surface area contributed by atoms with Crippen molar-refractivity contribution in [2.24, 2.45) is 4.99 Å². The zero-order chi connectivity index (χ0) is 22.1. The number of aliphatic imine (C=N–C) groups is 1. The van der Waals surface area contributed by atoms with Crippen LogP contribution in [0, 0.1) is 0 Å². The van der Waals surface area contributed by atoms with Gasteiger partial charge in [-0.2, -0.15) is 0 Å². The van der Waals surface area contributed by atoms with E-state index in [2.05, 4.69) is 22.4 Å². The molecule has 1 atom stereocenters. The summed E-state index contributed by atoms with van der Waals surface area (Å²) in [4.78, 5) is 19.2. The van der Waals surface area contributed by atoms with Gasteiger partial charge in [-0.3, -0.25) is 9.89 Å². The molecule has 2 aliphatic rings. The molecule has 0 radical (unpaired) electrons. The van der Waals surface area contributed by atoms with Crippen LogP contribution in [0.5, 0.6) is 11.5 Å². The summed E-state index contributed by atoms with van der Waals surface area (Å²) < 4.78 is 10.7. The highest BCUT2D eigenvalue weighted by molar-refractivity contribution is 6.03. The van der Waals surface area contributed by atoms with E-state index in [1.807, 2.05) is 54.7 Å². The minimum atomic E-state index is -0.140. The van der Waals surface area contributed by atoms with Gasteiger partial charge >= 0.3 is 6.03 Å². The fraction of sp³-hybridized carbons (Fsp3) is 0.231. The van der Waals surface area contributed by atoms with Crippen molar-refractivity contribution in [3.8, 4) is 11.5 Å². The van der Waals surface area contributed by atoms with Gasteiger partial charge in [0.15, 0.2) is 0 Å². The fourth-order valence-corrected chi connectivity index (χ4v) is 4.40. The lowest BCUT2D eigenvalue weighted by Gasteiger charge is -2.22. The van der Waals surface area contributed by atoms with E-state index in [9.17, 15) is 4.79 Å². The highest BCUT2D eigenvalue weighted by atomic mass is 16.5. The average molecular weight is 428 g/mol. The highest BCUT2D eigenvalue weighted by Gasteiger charge is 2.25. The molecule has 0 saturated heterocycles. The molecule has 1 N–H and O–H groups in total. The Morgan fingerprint density at radius 3 is 2.44 bits per heavy atom. The number of ether oxygens (including phenoxy) is 2. The van der Waals surface area contributed by atoms with Crippen LogP contribution in [0.1, 0.15) is 28.2 Å². The minimum Gasteiger partial charge on any atom is -0.497 e. The van der Waals surface area contributed by atoms with Crippen LogP contribution in [-0.2, 0) is 13.0 Å². The van der Waals surface area contributed by atoms with Crippen molar-refractivity contribution in [2.45, 2.75) is 18.9 Å². The van der Waals surface area contributed by atoms with E-state index in [0.717, 1.165) is 40.4 Å². The Morgan fingerprint density at radius 1 is 0.969 bits per heavy atom. The Bertz CT molecular complexity index is 1190. The third kappa shape index (κ3) is 3.68. The van der Waals surface area contributed by atoms with Crippen LogP contribution >= 0.6 is 0 Å². The van der Waals surface area contributed by atoms with E-state index in [0.29, 0.717) is 13.1 Å². The number of fused-ring (bicyclic) bond motifs is 2. The third-order valence-corrected chi connectivity index (χ3v) is 6.16. The van der Waals surface area contributed by atoms with Crippen molar-refractivity contribution in [3.63, 3.8) is 0 Å². The molecular formula is C26H25N3O3. The van der Waals surface area contributed by atoms with Crippen molar-refractivity contribution in [2.75, 3.05) is 31.0 Å². The van der Waals surface area contributed by atoms with Gasteiger partial charge in [-0.05, 0) is 59.0 Å². The second-order valence-corrected chi connectivity index (χ2v) is 7.98. The first-order valence-electron chi connectivity index (χ1n) is 10.7. The van der Waals surface area contributed by atoms with Crippen LogP contribution in [0.25, 0.3) is 0 Å². The van der Waals surface area contributed by atoms with Crippen LogP contribution in [-0.4, -0.2) is 33.0 Å². The summed E-state index contributed by atoms with van der Waals surface area (Å²) in [7, 11) is 3.31. The Labute approximate surface area is 187 Å². The van der Waals surface area contributed by atoms with Gasteiger partial charge in [-0.15, -0.1) is 0 Å². The number of carbonyl (C=O) groups is 1. The van der Waals surface area contributed by atoms with E-state index in [4.69, 9.17) is 9.47 Å². The standard InChI is InChI=1S/C26H25N3O3/c1-31-21-10-6-19-15-27-16-24(23(19)13-21)17-3-7-20(8-4-17)28-26(30)29-12-11-18-5-9-22(32-2)14-25(18)29/h3-10,13-14,16,24H,11-12,15H2,1-2H3,(H,28,30). The minimum absolute atomic E-state index is 0.0662. The summed E-state index contributed by atoms with van der Waals surface area (Å²) in [5, 5.41) is 3.02. The molecule has 1 unspecified atom stereocenters. The van der Waals surface area contributed by atoms with Crippen LogP contribution in [0.15, 0.2) is 65.7 Å². The summed E-state index contributed by atoms with van der Waals surface area (Å²) >= 11 is 0. The first-order valence-corrected chi connectivity index (χ1v) is 10.7. The Hall–Kier alpha value is -3.80. The van der Waals surface area contributed by atoms with Crippen LogP contribution in [0.4, 0.5) is 16.2 Å². The summed E-state index contributed by atoms with van der Waals surface area (Å²) in [6, 6.07) is 19.8. The number of amides is 2. The SMILES string of the molecule is COc1ccc2c(c1)C(c1ccc(NC(=O)N3CCc4ccc(OC)cc43)cc1)C=NC2. The van der Waals surface area contributed by atoms with Crippen LogP contribution in [0.2, 0.25) is 0 Å². The smallest absolute Gasteiger partial charge is 0.326 e. The van der Waals surface area contributed by atoms with Crippen molar-refractivity contribution in [1.29, 1.82) is 0 Å². The molecule has 5 rings (SSSR count). The maximum atomic E-state index is 12.9. The topological polar surface area (TPSA) is 63.2 Å². The molecular weight excluding hydrogens is 402 g/mol. The molecule has 3 aromatic rings. The monoisotopic (exact) mass is 427 g/mol. The fourth-order valence-electron chi connectivity index (χ4n) is 4.40. The first-order chi connectivity index (χ1) is 15.7. The van der Waals surface area contributed by atoms with Gasteiger partial charge in [0.2, 0.25) is 0 Å². The first kappa shape index (κ1) is 20.1. The molecule has 2 amide bonds. The highest BCUT2D eigenvalue weighted by Crippen LogP contribution is 2.34. The van der Waals surface area contributed by atoms with Crippen molar-refractivity contribution >= 4 is 23.6 Å². The number of urea groups is 1. The number of carbonyl (C=O) groups excluding carboxylic acids is 1. The van der Waals surface area contributed by atoms with E-state index < -0.39 is 0 Å². The molecule has 32 heavy (non-hydrogen) atoms. The normalized spacial score (nSPS) is 16.3. The van der Waals surface area contributed by atoms with Crippen molar-refractivity contribution in [1.82, 2.24) is 0 Å². The number of rotatable bonds is 4. The maximum absolute atomic E-state index is 12.9. The van der Waals surface area contributed by atoms with Crippen LogP contribution < -0.4 is 19.7 Å². The Kier molecular flexibility index (Phi) is 5.27. The number of nitrogens with one attached hydrogen (secondary N) is 1. The number of nitrogens with zero attached hydrogens (tertiary/aromatic N) is 2. The van der Waals surface area contributed by atoms with E-state index >= 15 is 0 Å². The van der Waals surface area contributed by atoms with Crippen molar-refractivity contribution in [3.05, 3.63) is 82.9 Å². The van der Waals surface area contributed by atoms with Gasteiger partial charge in [0, 0.05) is 30.4 Å². The molecule has 0 aromatic heterocycles. The van der Waals surface area contributed by atoms with Gasteiger partial charge in [0.25, 0.3) is 0 Å². The second kappa shape index (κ2) is 8.38. The molecule has 162 valence electrons. The lowest BCUT2D eigenvalue weighted by atomic mass is 9.87. The molecule has 0 spiro atoms. The molecule has 0 saturated carbocycles. The van der Waals surface area contributed by atoms with Crippen LogP contribution in [0.3, 0.4) is 0 Å². The second-order valence-electron chi connectivity index (χ2n) is 7.98.